The molecule has 0 aliphatic carbocycles. The Hall–Kier alpha value is -2.32. The average molecular weight is 264 g/mol. The smallest absolute Gasteiger partial charge is 0.270 e. The lowest BCUT2D eigenvalue weighted by Crippen LogP contribution is -2.23. The molecule has 1 aromatic carbocycles. The number of anilines is 1. The second-order valence-electron chi connectivity index (χ2n) is 3.90. The Balaban J connectivity index is 2.37. The van der Waals surface area contributed by atoms with E-state index < -0.39 is 11.0 Å². The van der Waals surface area contributed by atoms with Crippen molar-refractivity contribution in [2.45, 2.75) is 6.10 Å². The summed E-state index contributed by atoms with van der Waals surface area (Å²) in [7, 11) is 0. The summed E-state index contributed by atoms with van der Waals surface area (Å²) in [4.78, 5) is 18.2. The van der Waals surface area contributed by atoms with Crippen LogP contribution in [0.4, 0.5) is 11.5 Å². The monoisotopic (exact) mass is 264 g/mol. The van der Waals surface area contributed by atoms with Crippen LogP contribution in [0.25, 0.3) is 10.9 Å². The van der Waals surface area contributed by atoms with Crippen molar-refractivity contribution in [3.05, 3.63) is 34.6 Å². The molecule has 0 spiro atoms. The Morgan fingerprint density at radius 3 is 2.89 bits per heavy atom. The van der Waals surface area contributed by atoms with Crippen LogP contribution in [0.15, 0.2) is 24.5 Å². The fourth-order valence-electron chi connectivity index (χ4n) is 1.58. The Labute approximate surface area is 107 Å². The van der Waals surface area contributed by atoms with Crippen LogP contribution in [0, 0.1) is 10.1 Å². The van der Waals surface area contributed by atoms with Crippen molar-refractivity contribution in [3.63, 3.8) is 0 Å². The maximum absolute atomic E-state index is 10.7. The summed E-state index contributed by atoms with van der Waals surface area (Å²) in [6.07, 6.45) is 0.394. The van der Waals surface area contributed by atoms with Gasteiger partial charge in [-0.25, -0.2) is 9.97 Å². The first kappa shape index (κ1) is 13.1. The normalized spacial score (nSPS) is 12.3. The molecule has 8 heteroatoms. The Morgan fingerprint density at radius 2 is 2.21 bits per heavy atom. The second kappa shape index (κ2) is 5.55. The average Bonchev–Trinajstić information content (AvgIpc) is 2.43. The third-order valence-corrected chi connectivity index (χ3v) is 2.55. The summed E-state index contributed by atoms with van der Waals surface area (Å²) >= 11 is 0. The molecule has 0 unspecified atom stereocenters. The van der Waals surface area contributed by atoms with Gasteiger partial charge in [0.25, 0.3) is 5.69 Å². The minimum atomic E-state index is -0.927. The van der Waals surface area contributed by atoms with Gasteiger partial charge in [-0.05, 0) is 6.07 Å². The van der Waals surface area contributed by atoms with Crippen molar-refractivity contribution in [3.8, 4) is 0 Å². The molecule has 19 heavy (non-hydrogen) atoms. The number of nitrogens with one attached hydrogen (secondary N) is 1. The number of aromatic nitrogens is 2. The first-order valence-electron chi connectivity index (χ1n) is 5.53. The number of aliphatic hydroxyl groups excluding tert-OH is 2. The van der Waals surface area contributed by atoms with Crippen molar-refractivity contribution in [1.29, 1.82) is 0 Å². The molecule has 8 nitrogen and oxygen atoms in total. The number of nitro groups is 1. The molecule has 0 saturated heterocycles. The number of rotatable bonds is 5. The number of benzene rings is 1. The number of aliphatic hydroxyl groups is 2. The van der Waals surface area contributed by atoms with Crippen LogP contribution in [-0.4, -0.2) is 44.4 Å². The number of hydrogen-bond donors (Lipinski definition) is 3. The Morgan fingerprint density at radius 1 is 1.42 bits per heavy atom. The van der Waals surface area contributed by atoms with Gasteiger partial charge in [-0.3, -0.25) is 10.1 Å². The summed E-state index contributed by atoms with van der Waals surface area (Å²) in [5, 5.41) is 32.0. The molecule has 2 rings (SSSR count). The van der Waals surface area contributed by atoms with E-state index in [4.69, 9.17) is 5.11 Å². The number of hydrogen-bond acceptors (Lipinski definition) is 7. The molecule has 0 fully saturated rings. The highest BCUT2D eigenvalue weighted by Crippen LogP contribution is 2.24. The topological polar surface area (TPSA) is 121 Å². The van der Waals surface area contributed by atoms with Crippen LogP contribution in [-0.2, 0) is 0 Å². The molecule has 0 aliphatic rings. The third-order valence-electron chi connectivity index (χ3n) is 2.55. The minimum Gasteiger partial charge on any atom is -0.394 e. The number of non-ortho nitro benzene ring substituents is 1. The standard InChI is InChI=1S/C11H12N4O4/c16-5-8(17)4-12-11-9-3-7(15(18)19)1-2-10(9)13-6-14-11/h1-3,6,8,16-17H,4-5H2,(H,12,13,14)/t8-/m0/s1. The van der Waals surface area contributed by atoms with Crippen molar-refractivity contribution in [2.75, 3.05) is 18.5 Å². The summed E-state index contributed by atoms with van der Waals surface area (Å²) in [6, 6.07) is 4.26. The second-order valence-corrected chi connectivity index (χ2v) is 3.90. The maximum Gasteiger partial charge on any atom is 0.270 e. The molecule has 1 aromatic heterocycles. The van der Waals surface area contributed by atoms with Crippen LogP contribution in [0.2, 0.25) is 0 Å². The van der Waals surface area contributed by atoms with Crippen molar-refractivity contribution < 1.29 is 15.1 Å². The van der Waals surface area contributed by atoms with E-state index in [1.807, 2.05) is 0 Å². The van der Waals surface area contributed by atoms with Gasteiger partial charge in [0.15, 0.2) is 0 Å². The van der Waals surface area contributed by atoms with Crippen molar-refractivity contribution in [2.24, 2.45) is 0 Å². The minimum absolute atomic E-state index is 0.0620. The Kier molecular flexibility index (Phi) is 3.83. The lowest BCUT2D eigenvalue weighted by atomic mass is 10.2. The van der Waals surface area contributed by atoms with Crippen LogP contribution in [0.5, 0.6) is 0 Å². The van der Waals surface area contributed by atoms with Gasteiger partial charge >= 0.3 is 0 Å². The lowest BCUT2D eigenvalue weighted by molar-refractivity contribution is -0.384. The zero-order valence-corrected chi connectivity index (χ0v) is 9.85. The fraction of sp³-hybridized carbons (Fsp3) is 0.273. The van der Waals surface area contributed by atoms with E-state index in [0.29, 0.717) is 16.7 Å². The maximum atomic E-state index is 10.7. The van der Waals surface area contributed by atoms with E-state index >= 15 is 0 Å². The zero-order chi connectivity index (χ0) is 13.8. The number of fused-ring (bicyclic) bond motifs is 1. The summed E-state index contributed by atoms with van der Waals surface area (Å²) in [6.45, 7) is -0.290. The lowest BCUT2D eigenvalue weighted by Gasteiger charge is -2.10. The molecule has 0 radical (unpaired) electrons. The molecule has 0 saturated carbocycles. The molecule has 100 valence electrons. The van der Waals surface area contributed by atoms with E-state index in [1.165, 1.54) is 24.5 Å². The predicted octanol–water partition coefficient (Wildman–Crippen LogP) is 0.303. The van der Waals surface area contributed by atoms with Gasteiger partial charge in [0, 0.05) is 24.1 Å². The van der Waals surface area contributed by atoms with E-state index in [2.05, 4.69) is 15.3 Å². The summed E-state index contributed by atoms with van der Waals surface area (Å²) in [5.41, 5.74) is 0.495. The van der Waals surface area contributed by atoms with Crippen molar-refractivity contribution in [1.82, 2.24) is 9.97 Å². The molecule has 1 atom stereocenters. The van der Waals surface area contributed by atoms with Crippen LogP contribution < -0.4 is 5.32 Å². The van der Waals surface area contributed by atoms with Gasteiger partial charge in [0.2, 0.25) is 0 Å². The first-order chi connectivity index (χ1) is 9.11. The summed E-state index contributed by atoms with van der Waals surface area (Å²) in [5.74, 6) is 0.376. The summed E-state index contributed by atoms with van der Waals surface area (Å²) < 4.78 is 0. The highest BCUT2D eigenvalue weighted by Gasteiger charge is 2.11. The third kappa shape index (κ3) is 2.92. The van der Waals surface area contributed by atoms with Gasteiger partial charge in [-0.2, -0.15) is 0 Å². The van der Waals surface area contributed by atoms with Gasteiger partial charge < -0.3 is 15.5 Å². The largest absolute Gasteiger partial charge is 0.394 e. The zero-order valence-electron chi connectivity index (χ0n) is 9.85. The van der Waals surface area contributed by atoms with E-state index in [-0.39, 0.29) is 18.8 Å². The highest BCUT2D eigenvalue weighted by molar-refractivity contribution is 5.90. The van der Waals surface area contributed by atoms with E-state index in [9.17, 15) is 15.2 Å². The van der Waals surface area contributed by atoms with E-state index in [0.717, 1.165) is 0 Å². The molecule has 1 heterocycles. The predicted molar refractivity (Wildman–Crippen MR) is 67.8 cm³/mol. The first-order valence-corrected chi connectivity index (χ1v) is 5.53. The quantitative estimate of drug-likeness (QED) is 0.524. The molecule has 2 aromatic rings. The van der Waals surface area contributed by atoms with Gasteiger partial charge in [-0.15, -0.1) is 0 Å². The molecule has 0 bridgehead atoms. The van der Waals surface area contributed by atoms with Gasteiger partial charge in [-0.1, -0.05) is 0 Å². The molecule has 0 amide bonds. The van der Waals surface area contributed by atoms with Crippen molar-refractivity contribution >= 4 is 22.4 Å². The van der Waals surface area contributed by atoms with Crippen LogP contribution in [0.1, 0.15) is 0 Å². The molecule has 0 aliphatic heterocycles. The molecular weight excluding hydrogens is 252 g/mol. The van der Waals surface area contributed by atoms with E-state index in [1.54, 1.807) is 0 Å². The van der Waals surface area contributed by atoms with Crippen LogP contribution in [0.3, 0.4) is 0 Å². The number of nitrogens with zero attached hydrogens (tertiary/aromatic N) is 3. The number of nitro benzene ring substituents is 1. The van der Waals surface area contributed by atoms with Gasteiger partial charge in [0.05, 0.1) is 23.2 Å². The highest BCUT2D eigenvalue weighted by atomic mass is 16.6. The fourth-order valence-corrected chi connectivity index (χ4v) is 1.58. The van der Waals surface area contributed by atoms with Crippen LogP contribution >= 0.6 is 0 Å². The Bertz CT molecular complexity index is 604. The molecular formula is C11H12N4O4. The van der Waals surface area contributed by atoms with Gasteiger partial charge in [0.1, 0.15) is 12.1 Å². The molecule has 3 N–H and O–H groups in total. The SMILES string of the molecule is O=[N+]([O-])c1ccc2ncnc(NC[C@H](O)CO)c2c1.